The van der Waals surface area contributed by atoms with Crippen LogP contribution in [0.5, 0.6) is 0 Å². The summed E-state index contributed by atoms with van der Waals surface area (Å²) in [6.45, 7) is 3.94. The summed E-state index contributed by atoms with van der Waals surface area (Å²) in [5.74, 6) is -0.980. The van der Waals surface area contributed by atoms with E-state index in [2.05, 4.69) is 6.58 Å². The molecule has 0 amide bonds. The van der Waals surface area contributed by atoms with E-state index in [1.807, 2.05) is 30.3 Å². The Bertz CT molecular complexity index is 669. The summed E-state index contributed by atoms with van der Waals surface area (Å²) in [4.78, 5) is 22.2. The van der Waals surface area contributed by atoms with Crippen LogP contribution in [0.25, 0.3) is 0 Å². The highest BCUT2D eigenvalue weighted by molar-refractivity contribution is 5.82. The van der Waals surface area contributed by atoms with Gasteiger partial charge in [-0.25, -0.2) is 0 Å². The highest BCUT2D eigenvalue weighted by atomic mass is 16.6. The highest BCUT2D eigenvalue weighted by Crippen LogP contribution is 2.27. The number of hydrogen-bond donors (Lipinski definition) is 1. The minimum Gasteiger partial charge on any atom is -0.468 e. The fourth-order valence-corrected chi connectivity index (χ4v) is 2.02. The second kappa shape index (κ2) is 9.91. The van der Waals surface area contributed by atoms with E-state index < -0.39 is 16.8 Å². The SMILES string of the molecule is C=CCN.COC(=O)C(c1ccccc1)c1ccc([N+](=O)[O-])cc1. The average Bonchev–Trinajstić information content (AvgIpc) is 2.63. The van der Waals surface area contributed by atoms with Crippen molar-refractivity contribution < 1.29 is 14.5 Å². The average molecular weight is 328 g/mol. The Morgan fingerprint density at radius 1 is 1.21 bits per heavy atom. The summed E-state index contributed by atoms with van der Waals surface area (Å²) in [6, 6.07) is 15.1. The van der Waals surface area contributed by atoms with Gasteiger partial charge in [0.2, 0.25) is 0 Å². The summed E-state index contributed by atoms with van der Waals surface area (Å²) < 4.78 is 4.83. The number of ether oxygens (including phenoxy) is 1. The predicted octanol–water partition coefficient (Wildman–Crippen LogP) is 3.03. The summed E-state index contributed by atoms with van der Waals surface area (Å²) >= 11 is 0. The second-order valence-corrected chi connectivity index (χ2v) is 4.74. The van der Waals surface area contributed by atoms with Crippen LogP contribution in [0.3, 0.4) is 0 Å². The molecule has 126 valence electrons. The number of nitrogens with two attached hydrogens (primary N) is 1. The lowest BCUT2D eigenvalue weighted by molar-refractivity contribution is -0.384. The molecule has 0 aromatic heterocycles. The van der Waals surface area contributed by atoms with Gasteiger partial charge in [-0.1, -0.05) is 48.5 Å². The first-order valence-corrected chi connectivity index (χ1v) is 7.23. The van der Waals surface area contributed by atoms with Crippen molar-refractivity contribution in [2.75, 3.05) is 13.7 Å². The van der Waals surface area contributed by atoms with Gasteiger partial charge >= 0.3 is 5.97 Å². The maximum atomic E-state index is 12.0. The smallest absolute Gasteiger partial charge is 0.317 e. The Morgan fingerprint density at radius 2 is 1.71 bits per heavy atom. The number of non-ortho nitro benzene ring substituents is 1. The standard InChI is InChI=1S/C15H13NO4.C3H7N/c1-20-15(17)14(11-5-3-2-4-6-11)12-7-9-13(10-8-12)16(18)19;1-2-3-4/h2-10,14H,1H3;2H,1,3-4H2. The lowest BCUT2D eigenvalue weighted by Gasteiger charge is -2.15. The van der Waals surface area contributed by atoms with Crippen LogP contribution in [0.1, 0.15) is 17.0 Å². The summed E-state index contributed by atoms with van der Waals surface area (Å²) in [5, 5.41) is 10.7. The van der Waals surface area contributed by atoms with Gasteiger partial charge < -0.3 is 10.5 Å². The van der Waals surface area contributed by atoms with Crippen LogP contribution >= 0.6 is 0 Å². The van der Waals surface area contributed by atoms with Gasteiger partial charge in [0, 0.05) is 18.7 Å². The molecule has 24 heavy (non-hydrogen) atoms. The first kappa shape index (κ1) is 19.1. The number of nitro benzene ring substituents is 1. The first-order chi connectivity index (χ1) is 11.5. The number of nitro groups is 1. The van der Waals surface area contributed by atoms with Gasteiger partial charge in [-0.2, -0.15) is 0 Å². The minimum atomic E-state index is -0.581. The molecule has 1 unspecified atom stereocenters. The Hall–Kier alpha value is -2.99. The predicted molar refractivity (Wildman–Crippen MR) is 92.6 cm³/mol. The van der Waals surface area contributed by atoms with Crippen molar-refractivity contribution in [3.8, 4) is 0 Å². The van der Waals surface area contributed by atoms with Crippen LogP contribution in [0.4, 0.5) is 5.69 Å². The third kappa shape index (κ3) is 5.33. The Morgan fingerprint density at radius 3 is 2.12 bits per heavy atom. The number of rotatable bonds is 5. The molecule has 0 spiro atoms. The van der Waals surface area contributed by atoms with Crippen molar-refractivity contribution in [2.24, 2.45) is 5.73 Å². The molecule has 0 saturated carbocycles. The largest absolute Gasteiger partial charge is 0.468 e. The summed E-state index contributed by atoms with van der Waals surface area (Å²) in [5.41, 5.74) is 6.35. The van der Waals surface area contributed by atoms with E-state index in [0.717, 1.165) is 5.56 Å². The maximum absolute atomic E-state index is 12.0. The van der Waals surface area contributed by atoms with Gasteiger partial charge in [-0.3, -0.25) is 14.9 Å². The topological polar surface area (TPSA) is 95.5 Å². The van der Waals surface area contributed by atoms with E-state index in [1.165, 1.54) is 19.2 Å². The molecule has 0 radical (unpaired) electrons. The number of carbonyl (C=O) groups excluding carboxylic acids is 1. The van der Waals surface area contributed by atoms with Crippen LogP contribution < -0.4 is 5.73 Å². The minimum absolute atomic E-state index is 0.00886. The zero-order valence-electron chi connectivity index (χ0n) is 13.4. The fourth-order valence-electron chi connectivity index (χ4n) is 2.02. The molecule has 0 aliphatic carbocycles. The number of benzene rings is 2. The van der Waals surface area contributed by atoms with Crippen molar-refractivity contribution >= 4 is 11.7 Å². The van der Waals surface area contributed by atoms with Crippen LogP contribution in [0.2, 0.25) is 0 Å². The van der Waals surface area contributed by atoms with Gasteiger partial charge in [0.15, 0.2) is 0 Å². The van der Waals surface area contributed by atoms with Gasteiger partial charge in [0.1, 0.15) is 5.92 Å². The molecule has 0 saturated heterocycles. The van der Waals surface area contributed by atoms with Crippen LogP contribution in [-0.2, 0) is 9.53 Å². The monoisotopic (exact) mass is 328 g/mol. The van der Waals surface area contributed by atoms with Crippen molar-refractivity contribution in [3.63, 3.8) is 0 Å². The van der Waals surface area contributed by atoms with Crippen LogP contribution in [0.15, 0.2) is 67.3 Å². The molecule has 2 aromatic carbocycles. The molecule has 6 heteroatoms. The van der Waals surface area contributed by atoms with E-state index >= 15 is 0 Å². The number of methoxy groups -OCH3 is 1. The molecule has 6 nitrogen and oxygen atoms in total. The maximum Gasteiger partial charge on any atom is 0.317 e. The normalized spacial score (nSPS) is 10.8. The Balaban J connectivity index is 0.000000648. The number of hydrogen-bond acceptors (Lipinski definition) is 5. The summed E-state index contributed by atoms with van der Waals surface area (Å²) in [6.07, 6.45) is 1.65. The zero-order chi connectivity index (χ0) is 17.9. The van der Waals surface area contributed by atoms with Crippen LogP contribution in [0, 0.1) is 10.1 Å². The number of carbonyl (C=O) groups is 1. The molecule has 0 heterocycles. The van der Waals surface area contributed by atoms with Gasteiger partial charge in [-0.15, -0.1) is 6.58 Å². The summed E-state index contributed by atoms with van der Waals surface area (Å²) in [7, 11) is 1.32. The second-order valence-electron chi connectivity index (χ2n) is 4.74. The molecular weight excluding hydrogens is 308 g/mol. The molecule has 2 aromatic rings. The highest BCUT2D eigenvalue weighted by Gasteiger charge is 2.23. The Labute approximate surface area is 140 Å². The van der Waals surface area contributed by atoms with Crippen molar-refractivity contribution in [3.05, 3.63) is 88.5 Å². The lowest BCUT2D eigenvalue weighted by atomic mass is 9.91. The molecular formula is C18H20N2O4. The number of nitrogens with zero attached hydrogens (tertiary/aromatic N) is 1. The molecule has 1 atom stereocenters. The van der Waals surface area contributed by atoms with Gasteiger partial charge in [-0.05, 0) is 11.1 Å². The molecule has 0 fully saturated rings. The van der Waals surface area contributed by atoms with Crippen molar-refractivity contribution in [1.29, 1.82) is 0 Å². The molecule has 0 aliphatic heterocycles. The lowest BCUT2D eigenvalue weighted by Crippen LogP contribution is -2.15. The van der Waals surface area contributed by atoms with Crippen LogP contribution in [-0.4, -0.2) is 24.5 Å². The van der Waals surface area contributed by atoms with Crippen molar-refractivity contribution in [1.82, 2.24) is 0 Å². The molecule has 0 bridgehead atoms. The van der Waals surface area contributed by atoms with Gasteiger partial charge in [0.05, 0.1) is 12.0 Å². The molecule has 2 N–H and O–H groups in total. The first-order valence-electron chi connectivity index (χ1n) is 7.23. The zero-order valence-corrected chi connectivity index (χ0v) is 13.4. The van der Waals surface area contributed by atoms with Crippen molar-refractivity contribution in [2.45, 2.75) is 5.92 Å². The fraction of sp³-hybridized carbons (Fsp3) is 0.167. The van der Waals surface area contributed by atoms with E-state index in [1.54, 1.807) is 18.2 Å². The number of esters is 1. The van der Waals surface area contributed by atoms with E-state index in [0.29, 0.717) is 12.1 Å². The molecule has 0 aliphatic rings. The van der Waals surface area contributed by atoms with E-state index in [9.17, 15) is 14.9 Å². The Kier molecular flexibility index (Phi) is 7.87. The quantitative estimate of drug-likeness (QED) is 0.394. The third-order valence-electron chi connectivity index (χ3n) is 3.17. The third-order valence-corrected chi connectivity index (χ3v) is 3.17. The van der Waals surface area contributed by atoms with E-state index in [4.69, 9.17) is 10.5 Å². The van der Waals surface area contributed by atoms with Gasteiger partial charge in [0.25, 0.3) is 5.69 Å². The molecule has 2 rings (SSSR count). The van der Waals surface area contributed by atoms with E-state index in [-0.39, 0.29) is 5.69 Å².